The van der Waals surface area contributed by atoms with Crippen LogP contribution in [0.15, 0.2) is 30.3 Å². The first-order chi connectivity index (χ1) is 9.13. The number of hydrogen-bond donors (Lipinski definition) is 1. The molecule has 1 heterocycles. The lowest BCUT2D eigenvalue weighted by atomic mass is 10.1. The summed E-state index contributed by atoms with van der Waals surface area (Å²) in [6.45, 7) is 0.522. The highest BCUT2D eigenvalue weighted by atomic mass is 16.5. The van der Waals surface area contributed by atoms with Gasteiger partial charge in [-0.05, 0) is 18.4 Å². The van der Waals surface area contributed by atoms with Crippen LogP contribution in [-0.2, 0) is 20.9 Å². The largest absolute Gasteiger partial charge is 0.468 e. The Morgan fingerprint density at radius 2 is 1.89 bits per heavy atom. The summed E-state index contributed by atoms with van der Waals surface area (Å²) in [4.78, 5) is 25.1. The van der Waals surface area contributed by atoms with Crippen LogP contribution in [0.25, 0.3) is 0 Å². The van der Waals surface area contributed by atoms with Crippen molar-refractivity contribution in [1.82, 2.24) is 4.90 Å². The molecule has 1 aromatic rings. The van der Waals surface area contributed by atoms with Crippen molar-refractivity contribution < 1.29 is 14.3 Å². The van der Waals surface area contributed by atoms with Crippen molar-refractivity contribution in [2.75, 3.05) is 7.11 Å². The fourth-order valence-electron chi connectivity index (χ4n) is 2.57. The maximum Gasteiger partial charge on any atom is 0.323 e. The van der Waals surface area contributed by atoms with E-state index < -0.39 is 6.04 Å². The SMILES string of the molecule is COC(=O)[C@@H]1CC[C@@H](C(N)=O)N1Cc1ccccc1. The van der Waals surface area contributed by atoms with Gasteiger partial charge in [0, 0.05) is 6.54 Å². The van der Waals surface area contributed by atoms with Gasteiger partial charge < -0.3 is 10.5 Å². The van der Waals surface area contributed by atoms with Crippen molar-refractivity contribution in [1.29, 1.82) is 0 Å². The summed E-state index contributed by atoms with van der Waals surface area (Å²) in [6.07, 6.45) is 1.20. The van der Waals surface area contributed by atoms with E-state index in [1.165, 1.54) is 7.11 Å². The van der Waals surface area contributed by atoms with Gasteiger partial charge in [0.05, 0.1) is 13.2 Å². The number of benzene rings is 1. The van der Waals surface area contributed by atoms with E-state index in [-0.39, 0.29) is 17.9 Å². The normalized spacial score (nSPS) is 23.2. The highest BCUT2D eigenvalue weighted by Crippen LogP contribution is 2.27. The molecule has 0 spiro atoms. The Bertz CT molecular complexity index is 461. The Morgan fingerprint density at radius 3 is 2.47 bits per heavy atom. The maximum absolute atomic E-state index is 11.8. The molecule has 0 aromatic heterocycles. The number of primary amides is 1. The van der Waals surface area contributed by atoms with Crippen LogP contribution < -0.4 is 5.73 Å². The molecule has 5 nitrogen and oxygen atoms in total. The zero-order chi connectivity index (χ0) is 13.8. The predicted molar refractivity (Wildman–Crippen MR) is 70.0 cm³/mol. The Morgan fingerprint density at radius 1 is 1.26 bits per heavy atom. The Labute approximate surface area is 112 Å². The second kappa shape index (κ2) is 5.84. The molecule has 2 N–H and O–H groups in total. The van der Waals surface area contributed by atoms with Crippen LogP contribution in [0.2, 0.25) is 0 Å². The number of methoxy groups -OCH3 is 1. The van der Waals surface area contributed by atoms with E-state index >= 15 is 0 Å². The molecular formula is C14H18N2O3. The highest BCUT2D eigenvalue weighted by Gasteiger charge is 2.40. The number of nitrogens with two attached hydrogens (primary N) is 1. The molecule has 0 aliphatic carbocycles. The number of carbonyl (C=O) groups excluding carboxylic acids is 2. The Hall–Kier alpha value is -1.88. The van der Waals surface area contributed by atoms with E-state index in [9.17, 15) is 9.59 Å². The second-order valence-corrected chi connectivity index (χ2v) is 4.69. The van der Waals surface area contributed by atoms with E-state index in [2.05, 4.69) is 0 Å². The maximum atomic E-state index is 11.8. The van der Waals surface area contributed by atoms with E-state index in [0.717, 1.165) is 5.56 Å². The first kappa shape index (κ1) is 13.5. The molecule has 0 saturated carbocycles. The number of esters is 1. The van der Waals surface area contributed by atoms with Crippen molar-refractivity contribution in [2.45, 2.75) is 31.5 Å². The van der Waals surface area contributed by atoms with Crippen LogP contribution in [0.3, 0.4) is 0 Å². The summed E-state index contributed by atoms with van der Waals surface area (Å²) >= 11 is 0. The zero-order valence-electron chi connectivity index (χ0n) is 10.9. The Balaban J connectivity index is 2.19. The molecule has 0 unspecified atom stereocenters. The minimum absolute atomic E-state index is 0.306. The number of ether oxygens (including phenoxy) is 1. The third-order valence-corrected chi connectivity index (χ3v) is 3.52. The molecule has 0 radical (unpaired) electrons. The lowest BCUT2D eigenvalue weighted by Gasteiger charge is -2.26. The van der Waals surface area contributed by atoms with E-state index in [4.69, 9.17) is 10.5 Å². The summed E-state index contributed by atoms with van der Waals surface area (Å²) in [5, 5.41) is 0. The number of hydrogen-bond acceptors (Lipinski definition) is 4. The highest BCUT2D eigenvalue weighted by molar-refractivity contribution is 5.83. The van der Waals surface area contributed by atoms with Crippen molar-refractivity contribution >= 4 is 11.9 Å². The van der Waals surface area contributed by atoms with Crippen molar-refractivity contribution in [3.05, 3.63) is 35.9 Å². The molecule has 5 heteroatoms. The molecule has 102 valence electrons. The third kappa shape index (κ3) is 2.93. The fourth-order valence-corrected chi connectivity index (χ4v) is 2.57. The van der Waals surface area contributed by atoms with Crippen LogP contribution >= 0.6 is 0 Å². The average molecular weight is 262 g/mol. The molecule has 1 aromatic carbocycles. The number of rotatable bonds is 4. The van der Waals surface area contributed by atoms with Crippen LogP contribution in [0.1, 0.15) is 18.4 Å². The minimum atomic E-state index is -0.399. The van der Waals surface area contributed by atoms with Gasteiger partial charge >= 0.3 is 5.97 Å². The molecule has 1 aliphatic rings. The molecular weight excluding hydrogens is 244 g/mol. The van der Waals surface area contributed by atoms with Crippen molar-refractivity contribution in [2.24, 2.45) is 5.73 Å². The van der Waals surface area contributed by atoms with Gasteiger partial charge in [0.2, 0.25) is 5.91 Å². The number of amides is 1. The van der Waals surface area contributed by atoms with Gasteiger partial charge in [-0.25, -0.2) is 0 Å². The van der Waals surface area contributed by atoms with Crippen molar-refractivity contribution in [3.8, 4) is 0 Å². The monoisotopic (exact) mass is 262 g/mol. The summed E-state index contributed by atoms with van der Waals surface area (Å²) < 4.78 is 4.80. The smallest absolute Gasteiger partial charge is 0.323 e. The summed E-state index contributed by atoms with van der Waals surface area (Å²) in [5.41, 5.74) is 6.46. The molecule has 1 fully saturated rings. The number of carbonyl (C=O) groups is 2. The van der Waals surface area contributed by atoms with Gasteiger partial charge in [-0.2, -0.15) is 0 Å². The van der Waals surface area contributed by atoms with Crippen LogP contribution in [0.5, 0.6) is 0 Å². The van der Waals surface area contributed by atoms with E-state index in [0.29, 0.717) is 19.4 Å². The predicted octanol–water partition coefficient (Wildman–Crippen LogP) is 0.678. The lowest BCUT2D eigenvalue weighted by molar-refractivity contribution is -0.147. The van der Waals surface area contributed by atoms with Crippen LogP contribution in [0.4, 0.5) is 0 Å². The van der Waals surface area contributed by atoms with Crippen LogP contribution in [-0.4, -0.2) is 36.0 Å². The van der Waals surface area contributed by atoms with Crippen molar-refractivity contribution in [3.63, 3.8) is 0 Å². The zero-order valence-corrected chi connectivity index (χ0v) is 10.9. The molecule has 19 heavy (non-hydrogen) atoms. The quantitative estimate of drug-likeness (QED) is 0.810. The van der Waals surface area contributed by atoms with Gasteiger partial charge in [0.25, 0.3) is 0 Å². The third-order valence-electron chi connectivity index (χ3n) is 3.52. The molecule has 1 amide bonds. The average Bonchev–Trinajstić information content (AvgIpc) is 2.83. The van der Waals surface area contributed by atoms with E-state index in [1.807, 2.05) is 35.2 Å². The fraction of sp³-hybridized carbons (Fsp3) is 0.429. The molecule has 2 rings (SSSR count). The summed E-state index contributed by atoms with van der Waals surface area (Å²) in [7, 11) is 1.36. The first-order valence-corrected chi connectivity index (χ1v) is 6.30. The Kier molecular flexibility index (Phi) is 4.16. The van der Waals surface area contributed by atoms with Gasteiger partial charge in [0.1, 0.15) is 6.04 Å². The van der Waals surface area contributed by atoms with Gasteiger partial charge in [0.15, 0.2) is 0 Å². The molecule has 2 atom stereocenters. The molecule has 1 saturated heterocycles. The second-order valence-electron chi connectivity index (χ2n) is 4.69. The minimum Gasteiger partial charge on any atom is -0.468 e. The van der Waals surface area contributed by atoms with Gasteiger partial charge in [-0.1, -0.05) is 30.3 Å². The lowest BCUT2D eigenvalue weighted by Crippen LogP contribution is -2.46. The summed E-state index contributed by atoms with van der Waals surface area (Å²) in [6, 6.07) is 8.93. The topological polar surface area (TPSA) is 72.6 Å². The van der Waals surface area contributed by atoms with Crippen LogP contribution in [0, 0.1) is 0 Å². The molecule has 0 bridgehead atoms. The number of likely N-dealkylation sites (tertiary alicyclic amines) is 1. The number of nitrogens with zero attached hydrogens (tertiary/aromatic N) is 1. The first-order valence-electron chi connectivity index (χ1n) is 6.30. The molecule has 1 aliphatic heterocycles. The van der Waals surface area contributed by atoms with Gasteiger partial charge in [-0.15, -0.1) is 0 Å². The van der Waals surface area contributed by atoms with E-state index in [1.54, 1.807) is 0 Å². The van der Waals surface area contributed by atoms with Gasteiger partial charge in [-0.3, -0.25) is 14.5 Å². The standard InChI is InChI=1S/C14H18N2O3/c1-19-14(18)12-8-7-11(13(15)17)16(12)9-10-5-3-2-4-6-10/h2-6,11-12H,7-9H2,1H3,(H2,15,17)/t11-,12-/m0/s1. The summed E-state index contributed by atoms with van der Waals surface area (Å²) in [5.74, 6) is -0.693.